The molecule has 1 aliphatic heterocycles. The maximum Gasteiger partial charge on any atom is 0.200 e. The SMILES string of the molecule is CCCCCCCN1C(NC)=NC(Cl)=CC1C.Cl. The predicted molar refractivity (Wildman–Crippen MR) is 82.6 cm³/mol. The van der Waals surface area contributed by atoms with Crippen LogP contribution in [0.15, 0.2) is 16.2 Å². The van der Waals surface area contributed by atoms with Crippen molar-refractivity contribution in [3.63, 3.8) is 0 Å². The van der Waals surface area contributed by atoms with Gasteiger partial charge in [-0.2, -0.15) is 0 Å². The van der Waals surface area contributed by atoms with Gasteiger partial charge in [-0.15, -0.1) is 12.4 Å². The molecular weight excluding hydrogens is 269 g/mol. The Labute approximate surface area is 122 Å². The third-order valence-corrected chi connectivity index (χ3v) is 3.29. The summed E-state index contributed by atoms with van der Waals surface area (Å²) < 4.78 is 0. The minimum atomic E-state index is 0. The second kappa shape index (κ2) is 9.51. The average molecular weight is 294 g/mol. The van der Waals surface area contributed by atoms with E-state index in [0.717, 1.165) is 12.5 Å². The van der Waals surface area contributed by atoms with Crippen LogP contribution in [-0.2, 0) is 0 Å². The number of nitrogens with zero attached hydrogens (tertiary/aromatic N) is 2. The van der Waals surface area contributed by atoms with E-state index in [2.05, 4.69) is 29.1 Å². The fourth-order valence-corrected chi connectivity index (χ4v) is 2.34. The molecule has 0 bridgehead atoms. The highest BCUT2D eigenvalue weighted by molar-refractivity contribution is 6.30. The molecule has 5 heteroatoms. The van der Waals surface area contributed by atoms with Crippen LogP contribution in [0.4, 0.5) is 0 Å². The van der Waals surface area contributed by atoms with Crippen molar-refractivity contribution in [1.29, 1.82) is 0 Å². The molecule has 0 aromatic carbocycles. The van der Waals surface area contributed by atoms with E-state index in [1.165, 1.54) is 32.1 Å². The zero-order valence-corrected chi connectivity index (χ0v) is 13.2. The number of guanidine groups is 1. The van der Waals surface area contributed by atoms with Gasteiger partial charge in [-0.05, 0) is 19.4 Å². The van der Waals surface area contributed by atoms with Crippen molar-refractivity contribution in [2.45, 2.75) is 52.0 Å². The summed E-state index contributed by atoms with van der Waals surface area (Å²) in [4.78, 5) is 6.58. The molecule has 0 spiro atoms. The van der Waals surface area contributed by atoms with Crippen molar-refractivity contribution in [1.82, 2.24) is 10.2 Å². The molecule has 0 aromatic rings. The molecule has 1 N–H and O–H groups in total. The summed E-state index contributed by atoms with van der Waals surface area (Å²) in [6.45, 7) is 5.44. The number of halogens is 2. The minimum Gasteiger partial charge on any atom is -0.359 e. The van der Waals surface area contributed by atoms with Gasteiger partial charge in [0.1, 0.15) is 5.16 Å². The number of rotatable bonds is 6. The summed E-state index contributed by atoms with van der Waals surface area (Å²) in [5.41, 5.74) is 0. The van der Waals surface area contributed by atoms with E-state index in [-0.39, 0.29) is 12.4 Å². The van der Waals surface area contributed by atoms with Crippen LogP contribution in [0.5, 0.6) is 0 Å². The van der Waals surface area contributed by atoms with Gasteiger partial charge < -0.3 is 10.2 Å². The molecule has 1 aliphatic rings. The number of hydrogen-bond acceptors (Lipinski definition) is 3. The van der Waals surface area contributed by atoms with Crippen LogP contribution in [-0.4, -0.2) is 30.5 Å². The van der Waals surface area contributed by atoms with Gasteiger partial charge in [0.05, 0.1) is 6.04 Å². The lowest BCUT2D eigenvalue weighted by Crippen LogP contribution is -2.46. The van der Waals surface area contributed by atoms with Gasteiger partial charge in [0.15, 0.2) is 5.96 Å². The van der Waals surface area contributed by atoms with E-state index < -0.39 is 0 Å². The van der Waals surface area contributed by atoms with Gasteiger partial charge in [-0.25, -0.2) is 4.99 Å². The Balaban J connectivity index is 0.00000289. The van der Waals surface area contributed by atoms with Crippen molar-refractivity contribution in [3.05, 3.63) is 11.2 Å². The lowest BCUT2D eigenvalue weighted by molar-refractivity contribution is 0.348. The molecule has 3 nitrogen and oxygen atoms in total. The first kappa shape index (κ1) is 17.6. The Hall–Kier alpha value is -0.410. The third-order valence-electron chi connectivity index (χ3n) is 3.08. The largest absolute Gasteiger partial charge is 0.359 e. The molecule has 0 saturated heterocycles. The number of unbranched alkanes of at least 4 members (excludes halogenated alkanes) is 4. The first-order chi connectivity index (χ1) is 8.19. The summed E-state index contributed by atoms with van der Waals surface area (Å²) >= 11 is 5.96. The maximum atomic E-state index is 5.96. The summed E-state index contributed by atoms with van der Waals surface area (Å²) in [5, 5.41) is 3.70. The molecule has 0 saturated carbocycles. The third kappa shape index (κ3) is 5.49. The van der Waals surface area contributed by atoms with Crippen LogP contribution in [0.25, 0.3) is 0 Å². The van der Waals surface area contributed by atoms with E-state index in [9.17, 15) is 0 Å². The fraction of sp³-hybridized carbons (Fsp3) is 0.769. The zero-order chi connectivity index (χ0) is 12.7. The topological polar surface area (TPSA) is 27.6 Å². The summed E-state index contributed by atoms with van der Waals surface area (Å²) in [5.74, 6) is 0.889. The second-order valence-electron chi connectivity index (χ2n) is 4.52. The Morgan fingerprint density at radius 1 is 1.33 bits per heavy atom. The van der Waals surface area contributed by atoms with Crippen molar-refractivity contribution < 1.29 is 0 Å². The number of aliphatic imine (C=N–C) groups is 1. The van der Waals surface area contributed by atoms with Gasteiger partial charge in [0.2, 0.25) is 0 Å². The molecule has 1 rings (SSSR count). The molecule has 0 aromatic heterocycles. The highest BCUT2D eigenvalue weighted by Crippen LogP contribution is 2.17. The van der Waals surface area contributed by atoms with Gasteiger partial charge in [0.25, 0.3) is 0 Å². The van der Waals surface area contributed by atoms with Crippen molar-refractivity contribution in [2.24, 2.45) is 4.99 Å². The van der Waals surface area contributed by atoms with Crippen LogP contribution in [0.2, 0.25) is 0 Å². The first-order valence-electron chi connectivity index (χ1n) is 6.59. The lowest BCUT2D eigenvalue weighted by Gasteiger charge is -2.32. The van der Waals surface area contributed by atoms with E-state index >= 15 is 0 Å². The lowest BCUT2D eigenvalue weighted by atomic mass is 10.1. The summed E-state index contributed by atoms with van der Waals surface area (Å²) in [6, 6.07) is 0.327. The highest BCUT2D eigenvalue weighted by atomic mass is 35.5. The van der Waals surface area contributed by atoms with E-state index in [1.54, 1.807) is 0 Å². The first-order valence-corrected chi connectivity index (χ1v) is 6.97. The summed E-state index contributed by atoms with van der Waals surface area (Å²) in [6.07, 6.45) is 8.48. The molecule has 1 heterocycles. The molecule has 1 atom stereocenters. The van der Waals surface area contributed by atoms with Crippen LogP contribution in [0.3, 0.4) is 0 Å². The molecule has 1 unspecified atom stereocenters. The van der Waals surface area contributed by atoms with E-state index in [4.69, 9.17) is 11.6 Å². The van der Waals surface area contributed by atoms with Gasteiger partial charge in [-0.3, -0.25) is 0 Å². The highest BCUT2D eigenvalue weighted by Gasteiger charge is 2.19. The van der Waals surface area contributed by atoms with Crippen LogP contribution in [0, 0.1) is 0 Å². The molecule has 0 radical (unpaired) electrons. The molecule has 106 valence electrons. The zero-order valence-electron chi connectivity index (χ0n) is 11.6. The van der Waals surface area contributed by atoms with E-state index in [0.29, 0.717) is 11.2 Å². The molecule has 0 fully saturated rings. The predicted octanol–water partition coefficient (Wildman–Crippen LogP) is 3.74. The minimum absolute atomic E-state index is 0. The van der Waals surface area contributed by atoms with Crippen LogP contribution < -0.4 is 5.32 Å². The van der Waals surface area contributed by atoms with Gasteiger partial charge in [0, 0.05) is 13.6 Å². The van der Waals surface area contributed by atoms with Crippen LogP contribution >= 0.6 is 24.0 Å². The Bertz CT molecular complexity index is 290. The van der Waals surface area contributed by atoms with Crippen molar-refractivity contribution in [2.75, 3.05) is 13.6 Å². The molecule has 18 heavy (non-hydrogen) atoms. The maximum absolute atomic E-state index is 5.96. The fourth-order valence-electron chi connectivity index (χ4n) is 2.08. The second-order valence-corrected chi connectivity index (χ2v) is 4.91. The Kier molecular flexibility index (Phi) is 9.29. The number of nitrogens with one attached hydrogen (secondary N) is 1. The summed E-state index contributed by atoms with van der Waals surface area (Å²) in [7, 11) is 1.89. The molecule has 0 aliphatic carbocycles. The molecule has 0 amide bonds. The van der Waals surface area contributed by atoms with Crippen molar-refractivity contribution in [3.8, 4) is 0 Å². The van der Waals surface area contributed by atoms with Gasteiger partial charge >= 0.3 is 0 Å². The van der Waals surface area contributed by atoms with Gasteiger partial charge in [-0.1, -0.05) is 44.2 Å². The number of hydrogen-bond donors (Lipinski definition) is 1. The quantitative estimate of drug-likeness (QED) is 0.597. The normalized spacial score (nSPS) is 18.9. The standard InChI is InChI=1S/C13H24ClN3.ClH/c1-4-5-6-7-8-9-17-11(2)10-12(14)16-13(17)15-3;/h10-11H,4-9H2,1-3H3,(H,15,16);1H. The van der Waals surface area contributed by atoms with Crippen LogP contribution in [0.1, 0.15) is 46.0 Å². The van der Waals surface area contributed by atoms with E-state index in [1.807, 2.05) is 13.1 Å². The Morgan fingerprint density at radius 3 is 2.61 bits per heavy atom. The Morgan fingerprint density at radius 2 is 2.00 bits per heavy atom. The smallest absolute Gasteiger partial charge is 0.200 e. The average Bonchev–Trinajstić information content (AvgIpc) is 2.30. The van der Waals surface area contributed by atoms with Crippen molar-refractivity contribution >= 4 is 30.0 Å². The monoisotopic (exact) mass is 293 g/mol. The molecular formula is C13H25Cl2N3.